The molecule has 0 fully saturated rings. The molecule has 31 heavy (non-hydrogen) atoms. The van der Waals surface area contributed by atoms with Gasteiger partial charge < -0.3 is 15.2 Å². The number of carbonyl (C=O) groups is 1. The summed E-state index contributed by atoms with van der Waals surface area (Å²) in [5.41, 5.74) is 3.37. The summed E-state index contributed by atoms with van der Waals surface area (Å²) in [7, 11) is 0. The molecule has 0 bridgehead atoms. The van der Waals surface area contributed by atoms with Gasteiger partial charge in [0, 0.05) is 17.7 Å². The fourth-order valence-electron chi connectivity index (χ4n) is 3.23. The van der Waals surface area contributed by atoms with Crippen LogP contribution < -0.4 is 10.1 Å². The van der Waals surface area contributed by atoms with Gasteiger partial charge in [-0.3, -0.25) is 0 Å². The number of carboxylic acid groups (broad SMARTS) is 1. The van der Waals surface area contributed by atoms with Crippen molar-refractivity contribution in [2.24, 2.45) is 0 Å². The third-order valence-electron chi connectivity index (χ3n) is 4.90. The van der Waals surface area contributed by atoms with Crippen LogP contribution in [0.15, 0.2) is 66.7 Å². The molecule has 0 aromatic heterocycles. The topological polar surface area (TPSA) is 82.3 Å². The Balaban J connectivity index is 1.83. The first-order valence-electron chi connectivity index (χ1n) is 9.99. The van der Waals surface area contributed by atoms with Crippen LogP contribution in [0.5, 0.6) is 5.75 Å². The second kappa shape index (κ2) is 10.3. The van der Waals surface area contributed by atoms with Gasteiger partial charge in [-0.1, -0.05) is 25.1 Å². The predicted octanol–water partition coefficient (Wildman–Crippen LogP) is 5.12. The van der Waals surface area contributed by atoms with Gasteiger partial charge in [0.15, 0.2) is 6.04 Å². The van der Waals surface area contributed by atoms with E-state index in [1.54, 1.807) is 36.4 Å². The van der Waals surface area contributed by atoms with Gasteiger partial charge in [-0.25, -0.2) is 9.18 Å². The lowest BCUT2D eigenvalue weighted by Crippen LogP contribution is -2.22. The number of nitriles is 1. The average Bonchev–Trinajstić information content (AvgIpc) is 2.78. The van der Waals surface area contributed by atoms with Crippen molar-refractivity contribution < 1.29 is 19.0 Å². The van der Waals surface area contributed by atoms with E-state index in [9.17, 15) is 14.3 Å². The molecule has 0 unspecified atom stereocenters. The van der Waals surface area contributed by atoms with E-state index in [4.69, 9.17) is 10.00 Å². The normalized spacial score (nSPS) is 11.4. The molecule has 1 atom stereocenters. The van der Waals surface area contributed by atoms with Gasteiger partial charge in [0.05, 0.1) is 18.2 Å². The van der Waals surface area contributed by atoms with Gasteiger partial charge in [-0.2, -0.15) is 5.26 Å². The molecule has 2 N–H and O–H groups in total. The third-order valence-corrected chi connectivity index (χ3v) is 4.90. The van der Waals surface area contributed by atoms with E-state index in [0.717, 1.165) is 17.5 Å². The quantitative estimate of drug-likeness (QED) is 0.504. The van der Waals surface area contributed by atoms with Crippen LogP contribution in [0.4, 0.5) is 10.1 Å². The number of aryl methyl sites for hydroxylation is 1. The lowest BCUT2D eigenvalue weighted by atomic mass is 10.0. The maximum Gasteiger partial charge on any atom is 0.330 e. The fourth-order valence-corrected chi connectivity index (χ4v) is 3.23. The molecule has 0 aliphatic rings. The van der Waals surface area contributed by atoms with Gasteiger partial charge in [-0.15, -0.1) is 0 Å². The second-order valence-corrected chi connectivity index (χ2v) is 7.06. The largest absolute Gasteiger partial charge is 0.493 e. The van der Waals surface area contributed by atoms with E-state index in [2.05, 4.69) is 5.32 Å². The summed E-state index contributed by atoms with van der Waals surface area (Å²) < 4.78 is 19.3. The number of nitrogens with one attached hydrogen (secondary N) is 1. The van der Waals surface area contributed by atoms with Crippen molar-refractivity contribution in [2.75, 3.05) is 11.9 Å². The highest BCUT2D eigenvalue weighted by Crippen LogP contribution is 2.30. The highest BCUT2D eigenvalue weighted by molar-refractivity contribution is 5.80. The summed E-state index contributed by atoms with van der Waals surface area (Å²) in [5.74, 6) is -0.891. The van der Waals surface area contributed by atoms with Gasteiger partial charge in [0.2, 0.25) is 0 Å². The number of nitrogens with zero attached hydrogens (tertiary/aromatic N) is 1. The summed E-state index contributed by atoms with van der Waals surface area (Å²) in [6.45, 7) is 2.28. The van der Waals surface area contributed by atoms with Gasteiger partial charge in [0.25, 0.3) is 0 Å². The lowest BCUT2D eigenvalue weighted by molar-refractivity contribution is -0.138. The number of anilines is 1. The number of aliphatic carboxylic acids is 1. The first kappa shape index (κ1) is 21.8. The number of benzene rings is 3. The molecular formula is C25H23FN2O3. The number of hydrogen-bond acceptors (Lipinski definition) is 4. The molecular weight excluding hydrogens is 395 g/mol. The minimum absolute atomic E-state index is 0.283. The highest BCUT2D eigenvalue weighted by Gasteiger charge is 2.24. The molecule has 3 aromatic carbocycles. The van der Waals surface area contributed by atoms with Crippen LogP contribution in [0.3, 0.4) is 0 Å². The molecule has 0 aliphatic carbocycles. The Labute approximate surface area is 180 Å². The zero-order valence-electron chi connectivity index (χ0n) is 17.1. The van der Waals surface area contributed by atoms with Gasteiger partial charge in [0.1, 0.15) is 11.6 Å². The Morgan fingerprint density at radius 2 is 1.90 bits per heavy atom. The highest BCUT2D eigenvalue weighted by atomic mass is 19.1. The SMILES string of the molecule is CCc1ccc(OCCc2cccc(F)c2)c([C@@H](Nc2ccc(C#N)cc2)C(=O)O)c1. The van der Waals surface area contributed by atoms with Crippen molar-refractivity contribution >= 4 is 11.7 Å². The van der Waals surface area contributed by atoms with Gasteiger partial charge >= 0.3 is 5.97 Å². The van der Waals surface area contributed by atoms with Crippen LogP contribution in [0.2, 0.25) is 0 Å². The molecule has 0 saturated heterocycles. The fraction of sp³-hybridized carbons (Fsp3) is 0.200. The van der Waals surface area contributed by atoms with Crippen LogP contribution in [-0.4, -0.2) is 17.7 Å². The predicted molar refractivity (Wildman–Crippen MR) is 117 cm³/mol. The standard InChI is InChI=1S/C25H23FN2O3/c1-2-17-8-11-23(31-13-12-18-4-3-5-20(26)14-18)22(15-17)24(25(29)30)28-21-9-6-19(16-27)7-10-21/h3-11,14-15,24,28H,2,12-13H2,1H3,(H,29,30)/t24-/m1/s1. The van der Waals surface area contributed by atoms with Crippen LogP contribution in [-0.2, 0) is 17.6 Å². The summed E-state index contributed by atoms with van der Waals surface area (Å²) in [6, 6.07) is 19.4. The van der Waals surface area contributed by atoms with E-state index in [1.165, 1.54) is 12.1 Å². The summed E-state index contributed by atoms with van der Waals surface area (Å²) in [6.07, 6.45) is 1.24. The van der Waals surface area contributed by atoms with E-state index >= 15 is 0 Å². The second-order valence-electron chi connectivity index (χ2n) is 7.06. The van der Waals surface area contributed by atoms with E-state index in [0.29, 0.717) is 29.0 Å². The third kappa shape index (κ3) is 5.83. The maximum atomic E-state index is 13.4. The van der Waals surface area contributed by atoms with Crippen LogP contribution in [0.25, 0.3) is 0 Å². The molecule has 0 heterocycles. The van der Waals surface area contributed by atoms with Gasteiger partial charge in [-0.05, 0) is 66.1 Å². The number of ether oxygens (including phenoxy) is 1. The summed E-state index contributed by atoms with van der Waals surface area (Å²) in [4.78, 5) is 12.1. The van der Waals surface area contributed by atoms with Crippen molar-refractivity contribution in [1.82, 2.24) is 0 Å². The van der Waals surface area contributed by atoms with E-state index in [-0.39, 0.29) is 12.4 Å². The Bertz CT molecular complexity index is 1090. The average molecular weight is 418 g/mol. The van der Waals surface area contributed by atoms with Crippen molar-refractivity contribution in [3.8, 4) is 11.8 Å². The maximum absolute atomic E-state index is 13.4. The number of halogens is 1. The zero-order chi connectivity index (χ0) is 22.2. The molecule has 158 valence electrons. The molecule has 5 nitrogen and oxygen atoms in total. The Hall–Kier alpha value is -3.85. The summed E-state index contributed by atoms with van der Waals surface area (Å²) >= 11 is 0. The van der Waals surface area contributed by atoms with Crippen LogP contribution in [0.1, 0.15) is 35.2 Å². The number of carboxylic acids is 1. The molecule has 6 heteroatoms. The first-order chi connectivity index (χ1) is 15.0. The molecule has 0 aliphatic heterocycles. The minimum atomic E-state index is -1.05. The summed E-state index contributed by atoms with van der Waals surface area (Å²) in [5, 5.41) is 21.9. The molecule has 3 aromatic rings. The minimum Gasteiger partial charge on any atom is -0.493 e. The molecule has 0 radical (unpaired) electrons. The van der Waals surface area contributed by atoms with Crippen LogP contribution in [0, 0.1) is 17.1 Å². The van der Waals surface area contributed by atoms with Crippen molar-refractivity contribution in [2.45, 2.75) is 25.8 Å². The van der Waals surface area contributed by atoms with Crippen LogP contribution >= 0.6 is 0 Å². The molecule has 0 saturated carbocycles. The van der Waals surface area contributed by atoms with Crippen molar-refractivity contribution in [1.29, 1.82) is 5.26 Å². The number of hydrogen-bond donors (Lipinski definition) is 2. The van der Waals surface area contributed by atoms with Crippen molar-refractivity contribution in [3.63, 3.8) is 0 Å². The molecule has 0 amide bonds. The first-order valence-corrected chi connectivity index (χ1v) is 9.99. The monoisotopic (exact) mass is 418 g/mol. The van der Waals surface area contributed by atoms with Crippen molar-refractivity contribution in [3.05, 3.63) is 94.8 Å². The number of rotatable bonds is 9. The smallest absolute Gasteiger partial charge is 0.330 e. The zero-order valence-corrected chi connectivity index (χ0v) is 17.1. The molecule has 3 rings (SSSR count). The van der Waals surface area contributed by atoms with E-state index < -0.39 is 12.0 Å². The molecule has 0 spiro atoms. The van der Waals surface area contributed by atoms with E-state index in [1.807, 2.05) is 31.2 Å². The lowest BCUT2D eigenvalue weighted by Gasteiger charge is -2.20. The Kier molecular flexibility index (Phi) is 7.23. The Morgan fingerprint density at radius 1 is 1.13 bits per heavy atom. The Morgan fingerprint density at radius 3 is 2.55 bits per heavy atom.